The van der Waals surface area contributed by atoms with Gasteiger partial charge in [0.05, 0.1) is 27.5 Å². The predicted octanol–water partition coefficient (Wildman–Crippen LogP) is 5.74. The molecule has 6 nitrogen and oxygen atoms in total. The van der Waals surface area contributed by atoms with Crippen molar-refractivity contribution in [3.05, 3.63) is 92.7 Å². The second-order valence-corrected chi connectivity index (χ2v) is 9.20. The summed E-state index contributed by atoms with van der Waals surface area (Å²) in [6, 6.07) is 22.7. The second-order valence-electron chi connectivity index (χ2n) is 7.67. The molecule has 176 valence electrons. The van der Waals surface area contributed by atoms with E-state index in [9.17, 15) is 10.1 Å². The molecular weight excluding hydrogens is 573 g/mol. The molecule has 3 aromatic carbocycles. The zero-order valence-electron chi connectivity index (χ0n) is 19.2. The minimum absolute atomic E-state index is 0.190. The van der Waals surface area contributed by atoms with Gasteiger partial charge in [-0.3, -0.25) is 9.69 Å². The van der Waals surface area contributed by atoms with Crippen molar-refractivity contribution in [3.63, 3.8) is 0 Å². The average Bonchev–Trinajstić information content (AvgIpc) is 3.07. The summed E-state index contributed by atoms with van der Waals surface area (Å²) in [7, 11) is 1.79. The highest BCUT2D eigenvalue weighted by molar-refractivity contribution is 14.1. The van der Waals surface area contributed by atoms with E-state index in [0.717, 1.165) is 20.4 Å². The van der Waals surface area contributed by atoms with E-state index < -0.39 is 0 Å². The number of halogens is 1. The Bertz CT molecular complexity index is 1350. The number of carbonyl (C=O) groups excluding carboxylic acids is 1. The highest BCUT2D eigenvalue weighted by atomic mass is 127. The molecule has 0 saturated carbocycles. The Morgan fingerprint density at radius 3 is 2.51 bits per heavy atom. The lowest BCUT2D eigenvalue weighted by molar-refractivity contribution is -0.114. The molecule has 4 rings (SSSR count). The van der Waals surface area contributed by atoms with Crippen LogP contribution in [0.15, 0.2) is 72.4 Å². The number of ether oxygens (including phenoxy) is 2. The summed E-state index contributed by atoms with van der Waals surface area (Å²) < 4.78 is 12.8. The molecule has 0 N–H and O–H groups in total. The number of anilines is 1. The molecule has 0 atom stereocenters. The van der Waals surface area contributed by atoms with Crippen molar-refractivity contribution in [2.75, 3.05) is 18.6 Å². The molecule has 35 heavy (non-hydrogen) atoms. The fraction of sp³-hybridized carbons (Fsp3) is 0.148. The van der Waals surface area contributed by atoms with E-state index in [1.807, 2.05) is 67.6 Å². The van der Waals surface area contributed by atoms with Crippen LogP contribution >= 0.6 is 34.8 Å². The summed E-state index contributed by atoms with van der Waals surface area (Å²) in [5.74, 6) is 0.969. The van der Waals surface area contributed by atoms with Crippen molar-refractivity contribution >= 4 is 57.6 Å². The van der Waals surface area contributed by atoms with Crippen molar-refractivity contribution in [1.82, 2.24) is 4.90 Å². The normalized spacial score (nSPS) is 14.4. The van der Waals surface area contributed by atoms with Crippen LogP contribution < -0.4 is 14.4 Å². The van der Waals surface area contributed by atoms with E-state index in [4.69, 9.17) is 21.7 Å². The summed E-state index contributed by atoms with van der Waals surface area (Å²) >= 11 is 7.74. The van der Waals surface area contributed by atoms with Gasteiger partial charge < -0.3 is 14.4 Å². The Balaban J connectivity index is 1.65. The van der Waals surface area contributed by atoms with E-state index in [2.05, 4.69) is 28.7 Å². The lowest BCUT2D eigenvalue weighted by Gasteiger charge is -2.16. The Hall–Kier alpha value is -3.42. The number of nitrogens with zero attached hydrogens (tertiary/aromatic N) is 3. The second kappa shape index (κ2) is 10.9. The quantitative estimate of drug-likeness (QED) is 0.197. The van der Waals surface area contributed by atoms with E-state index in [1.54, 1.807) is 24.1 Å². The van der Waals surface area contributed by atoms with Gasteiger partial charge in [0.2, 0.25) is 0 Å². The van der Waals surface area contributed by atoms with Gasteiger partial charge in [-0.2, -0.15) is 5.26 Å². The van der Waals surface area contributed by atoms with Crippen molar-refractivity contribution in [1.29, 1.82) is 5.26 Å². The minimum atomic E-state index is -0.190. The molecule has 1 aliphatic heterocycles. The third-order valence-electron chi connectivity index (χ3n) is 5.42. The van der Waals surface area contributed by atoms with E-state index in [-0.39, 0.29) is 12.5 Å². The molecule has 1 saturated heterocycles. The van der Waals surface area contributed by atoms with Crippen LogP contribution in [0.2, 0.25) is 0 Å². The lowest BCUT2D eigenvalue weighted by atomic mass is 10.1. The highest BCUT2D eigenvalue weighted by Crippen LogP contribution is 2.36. The van der Waals surface area contributed by atoms with Crippen LogP contribution in [0.1, 0.15) is 23.6 Å². The lowest BCUT2D eigenvalue weighted by Crippen LogP contribution is -2.30. The SMILES string of the molecule is CCOc1cc(/C=C2/C(=O)N(c3ccccc3)C(=S)N2C)cc(I)c1OCc1ccccc1C#N. The molecule has 1 heterocycles. The molecule has 0 radical (unpaired) electrons. The number of thiocarbonyl (C=S) groups is 1. The first kappa shape index (κ1) is 24.7. The third-order valence-corrected chi connectivity index (χ3v) is 6.68. The van der Waals surface area contributed by atoms with E-state index in [0.29, 0.717) is 34.5 Å². The fourth-order valence-electron chi connectivity index (χ4n) is 3.70. The van der Waals surface area contributed by atoms with Crippen molar-refractivity contribution < 1.29 is 14.3 Å². The van der Waals surface area contributed by atoms with Gasteiger partial charge in [0.25, 0.3) is 5.91 Å². The minimum Gasteiger partial charge on any atom is -0.490 e. The number of hydrogen-bond acceptors (Lipinski definition) is 5. The summed E-state index contributed by atoms with van der Waals surface area (Å²) in [6.07, 6.45) is 1.80. The molecule has 0 aliphatic carbocycles. The Kier molecular flexibility index (Phi) is 7.68. The smallest absolute Gasteiger partial charge is 0.281 e. The molecule has 8 heteroatoms. The van der Waals surface area contributed by atoms with Crippen molar-refractivity contribution in [2.45, 2.75) is 13.5 Å². The molecule has 1 fully saturated rings. The van der Waals surface area contributed by atoms with Gasteiger partial charge >= 0.3 is 0 Å². The zero-order chi connectivity index (χ0) is 24.9. The summed E-state index contributed by atoms with van der Waals surface area (Å²) in [5, 5.41) is 9.77. The molecule has 0 bridgehead atoms. The molecule has 0 spiro atoms. The maximum absolute atomic E-state index is 13.3. The van der Waals surface area contributed by atoms with Crippen molar-refractivity contribution in [3.8, 4) is 17.6 Å². The van der Waals surface area contributed by atoms with Gasteiger partial charge in [0.15, 0.2) is 16.6 Å². The van der Waals surface area contributed by atoms with E-state index >= 15 is 0 Å². The predicted molar refractivity (Wildman–Crippen MR) is 148 cm³/mol. The molecule has 1 aliphatic rings. The number of benzene rings is 3. The maximum Gasteiger partial charge on any atom is 0.281 e. The number of hydrogen-bond donors (Lipinski definition) is 0. The number of amides is 1. The monoisotopic (exact) mass is 595 g/mol. The third kappa shape index (κ3) is 5.16. The zero-order valence-corrected chi connectivity index (χ0v) is 22.2. The summed E-state index contributed by atoms with van der Waals surface area (Å²) in [6.45, 7) is 2.59. The molecule has 3 aromatic rings. The van der Waals surface area contributed by atoms with Crippen LogP contribution in [0.3, 0.4) is 0 Å². The van der Waals surface area contributed by atoms with Gasteiger partial charge in [0, 0.05) is 12.6 Å². The van der Waals surface area contributed by atoms with E-state index in [1.165, 1.54) is 4.90 Å². The molecule has 1 amide bonds. The Morgan fingerprint density at radius 2 is 1.80 bits per heavy atom. The fourth-order valence-corrected chi connectivity index (χ4v) is 4.77. The van der Waals surface area contributed by atoms with Crippen LogP contribution in [0.4, 0.5) is 5.69 Å². The summed E-state index contributed by atoms with van der Waals surface area (Å²) in [5.41, 5.74) is 3.35. The van der Waals surface area contributed by atoms with Crippen LogP contribution in [-0.2, 0) is 11.4 Å². The number of carbonyl (C=O) groups is 1. The van der Waals surface area contributed by atoms with Gasteiger partial charge in [-0.15, -0.1) is 0 Å². The Morgan fingerprint density at radius 1 is 1.09 bits per heavy atom. The molecule has 0 aromatic heterocycles. The molecule has 0 unspecified atom stereocenters. The van der Waals surface area contributed by atoms with Crippen LogP contribution in [0.25, 0.3) is 6.08 Å². The average molecular weight is 595 g/mol. The van der Waals surface area contributed by atoms with Gasteiger partial charge in [0.1, 0.15) is 12.3 Å². The number of rotatable bonds is 7. The van der Waals surface area contributed by atoms with Crippen molar-refractivity contribution in [2.24, 2.45) is 0 Å². The van der Waals surface area contributed by atoms with Crippen LogP contribution in [0, 0.1) is 14.9 Å². The first-order valence-corrected chi connectivity index (χ1v) is 12.4. The molecular formula is C27H22IN3O3S. The maximum atomic E-state index is 13.3. The first-order valence-electron chi connectivity index (χ1n) is 10.9. The van der Waals surface area contributed by atoms with Crippen LogP contribution in [0.5, 0.6) is 11.5 Å². The van der Waals surface area contributed by atoms with Gasteiger partial charge in [-0.25, -0.2) is 0 Å². The largest absolute Gasteiger partial charge is 0.490 e. The summed E-state index contributed by atoms with van der Waals surface area (Å²) in [4.78, 5) is 16.5. The highest BCUT2D eigenvalue weighted by Gasteiger charge is 2.36. The number of para-hydroxylation sites is 1. The number of nitriles is 1. The first-order chi connectivity index (χ1) is 16.9. The topological polar surface area (TPSA) is 65.8 Å². The standard InChI is InChI=1S/C27H22IN3O3S/c1-3-33-24-15-18(13-22(28)25(24)34-17-20-10-8-7-9-19(20)16-29)14-23-26(32)31(27(35)30(23)2)21-11-5-4-6-12-21/h4-15H,3,17H2,1-2H3/b23-14-. The van der Waals surface area contributed by atoms with Gasteiger partial charge in [-0.1, -0.05) is 36.4 Å². The number of likely N-dealkylation sites (N-methyl/N-ethyl adjacent to an activating group) is 1. The van der Waals surface area contributed by atoms with Crippen LogP contribution in [-0.4, -0.2) is 29.6 Å². The van der Waals surface area contributed by atoms with Gasteiger partial charge in [-0.05, 0) is 83.7 Å². The Labute approximate surface area is 223 Å².